The number of benzene rings is 1. The Morgan fingerprint density at radius 3 is 2.64 bits per heavy atom. The predicted molar refractivity (Wildman–Crippen MR) is 83.8 cm³/mol. The quantitative estimate of drug-likeness (QED) is 0.868. The molecule has 1 saturated heterocycles. The van der Waals surface area contributed by atoms with Gasteiger partial charge >= 0.3 is 12.2 Å². The van der Waals surface area contributed by atoms with Crippen molar-refractivity contribution in [2.45, 2.75) is 18.6 Å². The molecular weight excluding hydrogens is 337 g/mol. The molecule has 1 aliphatic rings. The number of alkyl halides is 3. The summed E-state index contributed by atoms with van der Waals surface area (Å²) >= 11 is 0. The molecule has 3 rings (SSSR count). The predicted octanol–water partition coefficient (Wildman–Crippen LogP) is 2.14. The number of rotatable bonds is 2. The van der Waals surface area contributed by atoms with Crippen LogP contribution in [0.15, 0.2) is 30.5 Å². The summed E-state index contributed by atoms with van der Waals surface area (Å²) in [4.78, 5) is 28.8. The summed E-state index contributed by atoms with van der Waals surface area (Å²) in [7, 11) is 0. The van der Waals surface area contributed by atoms with Crippen molar-refractivity contribution in [1.82, 2.24) is 15.2 Å². The molecule has 6 nitrogen and oxygen atoms in total. The molecule has 1 fully saturated rings. The summed E-state index contributed by atoms with van der Waals surface area (Å²) < 4.78 is 40.6. The number of hydrogen-bond acceptors (Lipinski definition) is 3. The van der Waals surface area contributed by atoms with Crippen molar-refractivity contribution in [3.05, 3.63) is 41.6 Å². The van der Waals surface area contributed by atoms with Gasteiger partial charge < -0.3 is 16.0 Å². The third kappa shape index (κ3) is 3.35. The van der Waals surface area contributed by atoms with Gasteiger partial charge in [-0.15, -0.1) is 0 Å². The lowest BCUT2D eigenvalue weighted by atomic mass is 10.0. The number of halogens is 3. The number of hydrogen-bond donors (Lipinski definition) is 2. The highest BCUT2D eigenvalue weighted by atomic mass is 19.4. The second-order valence-electron chi connectivity index (χ2n) is 5.81. The number of carbonyl (C=O) groups excluding carboxylic acids is 2. The summed E-state index contributed by atoms with van der Waals surface area (Å²) in [6, 6.07) is 4.70. The van der Waals surface area contributed by atoms with Gasteiger partial charge in [-0.2, -0.15) is 13.2 Å². The first kappa shape index (κ1) is 17.0. The fraction of sp³-hybridized carbons (Fsp3) is 0.312. The standard InChI is InChI=1S/C16H15F3N4O2/c17-16(18,19)13-10-3-1-2-4-12(10)21-7-11(13)14(24)22-9-5-6-23(8-9)15(20)25/h1-4,7,9H,5-6,8H2,(H2,20,25)(H,22,24). The second-order valence-corrected chi connectivity index (χ2v) is 5.81. The lowest BCUT2D eigenvalue weighted by Gasteiger charge is -2.18. The molecule has 1 aliphatic heterocycles. The van der Waals surface area contributed by atoms with Crippen molar-refractivity contribution in [3.63, 3.8) is 0 Å². The van der Waals surface area contributed by atoms with Crippen LogP contribution in [0.2, 0.25) is 0 Å². The van der Waals surface area contributed by atoms with Crippen LogP contribution in [0.1, 0.15) is 22.3 Å². The van der Waals surface area contributed by atoms with E-state index >= 15 is 0 Å². The zero-order valence-electron chi connectivity index (χ0n) is 13.0. The van der Waals surface area contributed by atoms with Crippen LogP contribution in [0, 0.1) is 0 Å². The van der Waals surface area contributed by atoms with Crippen molar-refractivity contribution in [1.29, 1.82) is 0 Å². The maximum atomic E-state index is 13.5. The van der Waals surface area contributed by atoms with Gasteiger partial charge in [0, 0.05) is 30.7 Å². The summed E-state index contributed by atoms with van der Waals surface area (Å²) in [6.45, 7) is 0.520. The molecule has 1 atom stereocenters. The van der Waals surface area contributed by atoms with Gasteiger partial charge in [-0.25, -0.2) is 4.79 Å². The Balaban J connectivity index is 1.93. The third-order valence-corrected chi connectivity index (χ3v) is 4.14. The highest BCUT2D eigenvalue weighted by molar-refractivity contribution is 6.00. The van der Waals surface area contributed by atoms with Crippen molar-refractivity contribution in [2.75, 3.05) is 13.1 Å². The van der Waals surface area contributed by atoms with E-state index < -0.39 is 35.3 Å². The molecular formula is C16H15F3N4O2. The van der Waals surface area contributed by atoms with Crippen LogP contribution >= 0.6 is 0 Å². The highest BCUT2D eigenvalue weighted by Crippen LogP contribution is 2.36. The molecule has 0 saturated carbocycles. The molecule has 1 unspecified atom stereocenters. The van der Waals surface area contributed by atoms with Gasteiger partial charge in [-0.05, 0) is 12.5 Å². The van der Waals surface area contributed by atoms with E-state index in [-0.39, 0.29) is 17.4 Å². The van der Waals surface area contributed by atoms with Crippen LogP contribution in [0.25, 0.3) is 10.9 Å². The van der Waals surface area contributed by atoms with Crippen LogP contribution in [-0.2, 0) is 6.18 Å². The Kier molecular flexibility index (Phi) is 4.23. The molecule has 0 radical (unpaired) electrons. The van der Waals surface area contributed by atoms with Gasteiger partial charge in [-0.3, -0.25) is 9.78 Å². The molecule has 9 heteroatoms. The molecule has 1 aromatic heterocycles. The van der Waals surface area contributed by atoms with E-state index in [0.29, 0.717) is 13.0 Å². The van der Waals surface area contributed by atoms with E-state index in [0.717, 1.165) is 6.20 Å². The van der Waals surface area contributed by atoms with E-state index in [1.807, 2.05) is 0 Å². The number of pyridine rings is 1. The molecule has 132 valence electrons. The number of carbonyl (C=O) groups is 2. The van der Waals surface area contributed by atoms with Gasteiger partial charge in [0.05, 0.1) is 16.6 Å². The Bertz CT molecular complexity index is 838. The number of likely N-dealkylation sites (tertiary alicyclic amines) is 1. The number of nitrogens with two attached hydrogens (primary N) is 1. The minimum atomic E-state index is -4.70. The number of para-hydroxylation sites is 1. The van der Waals surface area contributed by atoms with Crippen LogP contribution in [0.5, 0.6) is 0 Å². The number of aromatic nitrogens is 1. The lowest BCUT2D eigenvalue weighted by molar-refractivity contribution is -0.136. The topological polar surface area (TPSA) is 88.3 Å². The number of nitrogens with one attached hydrogen (secondary N) is 1. The second kappa shape index (κ2) is 6.23. The average molecular weight is 352 g/mol. The Morgan fingerprint density at radius 1 is 1.28 bits per heavy atom. The van der Waals surface area contributed by atoms with Crippen molar-refractivity contribution in [2.24, 2.45) is 5.73 Å². The SMILES string of the molecule is NC(=O)N1CCC(NC(=O)c2cnc3ccccc3c2C(F)(F)F)C1. The zero-order valence-corrected chi connectivity index (χ0v) is 13.0. The Morgan fingerprint density at radius 2 is 2.00 bits per heavy atom. The maximum absolute atomic E-state index is 13.5. The molecule has 3 N–H and O–H groups in total. The monoisotopic (exact) mass is 352 g/mol. The number of fused-ring (bicyclic) bond motifs is 1. The van der Waals surface area contributed by atoms with Crippen LogP contribution < -0.4 is 11.1 Å². The van der Waals surface area contributed by atoms with E-state index in [9.17, 15) is 22.8 Å². The Labute approximate surface area is 140 Å². The number of primary amides is 1. The van der Waals surface area contributed by atoms with Gasteiger partial charge in [0.25, 0.3) is 5.91 Å². The number of nitrogens with zero attached hydrogens (tertiary/aromatic N) is 2. The average Bonchev–Trinajstić information content (AvgIpc) is 3.01. The normalized spacial score (nSPS) is 17.7. The maximum Gasteiger partial charge on any atom is 0.417 e. The molecule has 2 aromatic rings. The lowest BCUT2D eigenvalue weighted by Crippen LogP contribution is -2.40. The minimum absolute atomic E-state index is 0.132. The smallest absolute Gasteiger partial charge is 0.351 e. The number of amides is 3. The summed E-state index contributed by atoms with van der Waals surface area (Å²) in [6.07, 6.45) is -3.34. The van der Waals surface area contributed by atoms with Crippen LogP contribution in [0.4, 0.5) is 18.0 Å². The fourth-order valence-corrected chi connectivity index (χ4v) is 2.96. The Hall–Kier alpha value is -2.84. The van der Waals surface area contributed by atoms with Crippen LogP contribution in [0.3, 0.4) is 0 Å². The fourth-order valence-electron chi connectivity index (χ4n) is 2.96. The van der Waals surface area contributed by atoms with E-state index in [1.165, 1.54) is 23.1 Å². The first-order valence-corrected chi connectivity index (χ1v) is 7.57. The molecule has 1 aromatic carbocycles. The zero-order chi connectivity index (χ0) is 18.2. The number of urea groups is 1. The van der Waals surface area contributed by atoms with Gasteiger partial charge in [0.1, 0.15) is 0 Å². The molecule has 25 heavy (non-hydrogen) atoms. The van der Waals surface area contributed by atoms with E-state index in [1.54, 1.807) is 6.07 Å². The van der Waals surface area contributed by atoms with Gasteiger partial charge in [0.15, 0.2) is 0 Å². The third-order valence-electron chi connectivity index (χ3n) is 4.14. The summed E-state index contributed by atoms with van der Waals surface area (Å²) in [5.74, 6) is -0.873. The van der Waals surface area contributed by atoms with E-state index in [2.05, 4.69) is 10.3 Å². The molecule has 2 heterocycles. The van der Waals surface area contributed by atoms with Crippen LogP contribution in [-0.4, -0.2) is 41.0 Å². The molecule has 3 amide bonds. The van der Waals surface area contributed by atoms with Crippen molar-refractivity contribution in [3.8, 4) is 0 Å². The van der Waals surface area contributed by atoms with Gasteiger partial charge in [-0.1, -0.05) is 18.2 Å². The largest absolute Gasteiger partial charge is 0.417 e. The van der Waals surface area contributed by atoms with Crippen molar-refractivity contribution < 1.29 is 22.8 Å². The minimum Gasteiger partial charge on any atom is -0.351 e. The van der Waals surface area contributed by atoms with Gasteiger partial charge in [0.2, 0.25) is 0 Å². The van der Waals surface area contributed by atoms with Crippen molar-refractivity contribution >= 4 is 22.8 Å². The first-order chi connectivity index (χ1) is 11.8. The van der Waals surface area contributed by atoms with E-state index in [4.69, 9.17) is 5.73 Å². The molecule has 0 bridgehead atoms. The first-order valence-electron chi connectivity index (χ1n) is 7.57. The summed E-state index contributed by atoms with van der Waals surface area (Å²) in [5, 5.41) is 2.40. The highest BCUT2D eigenvalue weighted by Gasteiger charge is 2.38. The molecule has 0 aliphatic carbocycles. The molecule has 0 spiro atoms. The summed E-state index contributed by atoms with van der Waals surface area (Å²) in [5.41, 5.74) is 3.77.